The van der Waals surface area contributed by atoms with Gasteiger partial charge in [0.25, 0.3) is 0 Å². The van der Waals surface area contributed by atoms with E-state index >= 15 is 0 Å². The first-order chi connectivity index (χ1) is 8.86. The van der Waals surface area contributed by atoms with Crippen molar-refractivity contribution in [1.29, 1.82) is 5.26 Å². The molecule has 0 atom stereocenters. The zero-order valence-electron chi connectivity index (χ0n) is 9.75. The molecule has 0 amide bonds. The molecule has 0 aliphatic heterocycles. The van der Waals surface area contributed by atoms with Crippen molar-refractivity contribution in [1.82, 2.24) is 0 Å². The molecule has 1 aromatic carbocycles. The molecule has 0 aromatic heterocycles. The maximum absolute atomic E-state index is 12.9. The number of rotatable bonds is 3. The van der Waals surface area contributed by atoms with Crippen molar-refractivity contribution in [3.05, 3.63) is 34.4 Å². The van der Waals surface area contributed by atoms with Crippen LogP contribution in [0.25, 0.3) is 0 Å². The van der Waals surface area contributed by atoms with E-state index in [9.17, 15) is 22.8 Å². The highest BCUT2D eigenvalue weighted by molar-refractivity contribution is 5.94. The number of nitriles is 1. The van der Waals surface area contributed by atoms with Gasteiger partial charge >= 0.3 is 12.1 Å². The van der Waals surface area contributed by atoms with E-state index in [0.29, 0.717) is 0 Å². The minimum Gasteiger partial charge on any atom is -0.462 e. The summed E-state index contributed by atoms with van der Waals surface area (Å²) in [5.41, 5.74) is -3.54. The van der Waals surface area contributed by atoms with Crippen molar-refractivity contribution in [2.45, 2.75) is 13.1 Å². The Balaban J connectivity index is 3.60. The smallest absolute Gasteiger partial charge is 0.418 e. The molecule has 0 spiro atoms. The van der Waals surface area contributed by atoms with Crippen molar-refractivity contribution in [3.8, 4) is 6.07 Å². The van der Waals surface area contributed by atoms with Crippen LogP contribution in [0.2, 0.25) is 0 Å². The summed E-state index contributed by atoms with van der Waals surface area (Å²) in [5, 5.41) is 8.83. The highest BCUT2D eigenvalue weighted by Crippen LogP contribution is 2.35. The maximum atomic E-state index is 12.9. The summed E-state index contributed by atoms with van der Waals surface area (Å²) in [6.07, 6.45) is -4.93. The Morgan fingerprint density at radius 3 is 2.53 bits per heavy atom. The number of hydrogen-bond donors (Lipinski definition) is 0. The first-order valence-electron chi connectivity index (χ1n) is 5.13. The van der Waals surface area contributed by atoms with E-state index < -0.39 is 34.4 Å². The van der Waals surface area contributed by atoms with E-state index in [-0.39, 0.29) is 12.9 Å². The van der Waals surface area contributed by atoms with Crippen LogP contribution in [-0.4, -0.2) is 18.9 Å². The first kappa shape index (κ1) is 14.7. The van der Waals surface area contributed by atoms with E-state index in [4.69, 9.17) is 5.26 Å². The zero-order valence-corrected chi connectivity index (χ0v) is 9.75. The van der Waals surface area contributed by atoms with Crippen LogP contribution in [0.4, 0.5) is 13.2 Å². The fourth-order valence-electron chi connectivity index (χ4n) is 1.52. The van der Waals surface area contributed by atoms with Gasteiger partial charge in [-0.25, -0.2) is 4.79 Å². The number of halogens is 3. The van der Waals surface area contributed by atoms with Crippen LogP contribution in [0.15, 0.2) is 12.1 Å². The molecule has 7 heteroatoms. The van der Waals surface area contributed by atoms with Crippen LogP contribution in [0, 0.1) is 11.3 Å². The van der Waals surface area contributed by atoms with E-state index in [1.807, 2.05) is 0 Å². The molecule has 0 saturated heterocycles. The van der Waals surface area contributed by atoms with Crippen LogP contribution < -0.4 is 0 Å². The Hall–Kier alpha value is -2.36. The van der Waals surface area contributed by atoms with Gasteiger partial charge in [0.2, 0.25) is 0 Å². The molecule has 0 radical (unpaired) electrons. The number of carbonyl (C=O) groups is 2. The predicted octanol–water partition coefficient (Wildman–Crippen LogP) is 2.57. The zero-order chi connectivity index (χ0) is 14.6. The minimum absolute atomic E-state index is 0.0153. The lowest BCUT2D eigenvalue weighted by Gasteiger charge is -2.13. The molecule has 0 unspecified atom stereocenters. The lowest BCUT2D eigenvalue weighted by molar-refractivity contribution is -0.138. The summed E-state index contributed by atoms with van der Waals surface area (Å²) < 4.78 is 43.1. The number of hydrogen-bond acceptors (Lipinski definition) is 4. The summed E-state index contributed by atoms with van der Waals surface area (Å²) in [6, 6.07) is 3.11. The fraction of sp³-hybridized carbons (Fsp3) is 0.250. The van der Waals surface area contributed by atoms with Gasteiger partial charge in [-0.1, -0.05) is 6.07 Å². The van der Waals surface area contributed by atoms with Crippen molar-refractivity contribution in [2.75, 3.05) is 6.61 Å². The Bertz CT molecular complexity index is 559. The lowest BCUT2D eigenvalue weighted by Crippen LogP contribution is -2.16. The maximum Gasteiger partial charge on any atom is 0.418 e. The van der Waals surface area contributed by atoms with Crippen LogP contribution in [0.1, 0.15) is 38.8 Å². The molecule has 0 heterocycles. The largest absolute Gasteiger partial charge is 0.462 e. The summed E-state index contributed by atoms with van der Waals surface area (Å²) in [6.45, 7) is 1.44. The normalized spacial score (nSPS) is 10.7. The molecule has 4 nitrogen and oxygen atoms in total. The van der Waals surface area contributed by atoms with E-state index in [1.54, 1.807) is 0 Å². The van der Waals surface area contributed by atoms with Gasteiger partial charge in [-0.3, -0.25) is 4.79 Å². The second-order valence-corrected chi connectivity index (χ2v) is 3.40. The average Bonchev–Trinajstić information content (AvgIpc) is 2.35. The minimum atomic E-state index is -4.91. The molecule has 0 N–H and O–H groups in total. The van der Waals surface area contributed by atoms with Gasteiger partial charge in [0.15, 0.2) is 6.29 Å². The van der Waals surface area contributed by atoms with Gasteiger partial charge in [0, 0.05) is 5.56 Å². The molecule has 1 rings (SSSR count). The summed E-state index contributed by atoms with van der Waals surface area (Å²) in [7, 11) is 0. The Morgan fingerprint density at radius 1 is 1.47 bits per heavy atom. The molecule has 0 fully saturated rings. The predicted molar refractivity (Wildman–Crippen MR) is 57.5 cm³/mol. The summed E-state index contributed by atoms with van der Waals surface area (Å²) in [5.74, 6) is -1.04. The molecule has 0 aliphatic carbocycles. The van der Waals surface area contributed by atoms with Crippen LogP contribution in [0.3, 0.4) is 0 Å². The second kappa shape index (κ2) is 5.52. The molecule has 0 saturated carbocycles. The number of nitrogens with zero attached hydrogens (tertiary/aromatic N) is 1. The van der Waals surface area contributed by atoms with Crippen molar-refractivity contribution >= 4 is 12.3 Å². The number of benzene rings is 1. The Morgan fingerprint density at radius 2 is 2.11 bits per heavy atom. The van der Waals surface area contributed by atoms with Gasteiger partial charge in [-0.05, 0) is 13.0 Å². The standard InChI is InChI=1S/C12H8F3NO3/c1-2-19-11(18)8-4-3-7(6-17)10(9(8)5-16)12(13,14)15/h3-4,6H,2H2,1H3. The Labute approximate surface area is 106 Å². The SMILES string of the molecule is CCOC(=O)c1ccc(C=O)c(C(F)(F)F)c1C#N. The van der Waals surface area contributed by atoms with Crippen molar-refractivity contribution < 1.29 is 27.5 Å². The number of ether oxygens (including phenoxy) is 1. The first-order valence-corrected chi connectivity index (χ1v) is 5.13. The number of esters is 1. The second-order valence-electron chi connectivity index (χ2n) is 3.40. The molecule has 0 aliphatic rings. The highest BCUT2D eigenvalue weighted by Gasteiger charge is 2.38. The van der Waals surface area contributed by atoms with Gasteiger partial charge < -0.3 is 4.74 Å². The molecule has 19 heavy (non-hydrogen) atoms. The fourth-order valence-corrected chi connectivity index (χ4v) is 1.52. The summed E-state index contributed by atoms with van der Waals surface area (Å²) in [4.78, 5) is 22.1. The van der Waals surface area contributed by atoms with E-state index in [1.165, 1.54) is 13.0 Å². The quantitative estimate of drug-likeness (QED) is 0.626. The van der Waals surface area contributed by atoms with E-state index in [0.717, 1.165) is 12.1 Å². The number of alkyl halides is 3. The van der Waals surface area contributed by atoms with Gasteiger partial charge in [-0.15, -0.1) is 0 Å². The average molecular weight is 271 g/mol. The molecular weight excluding hydrogens is 263 g/mol. The topological polar surface area (TPSA) is 67.2 Å². The summed E-state index contributed by atoms with van der Waals surface area (Å²) >= 11 is 0. The highest BCUT2D eigenvalue weighted by atomic mass is 19.4. The molecule has 0 bridgehead atoms. The third-order valence-electron chi connectivity index (χ3n) is 2.26. The Kier molecular flexibility index (Phi) is 4.27. The molecule has 1 aromatic rings. The number of aldehydes is 1. The molecule has 100 valence electrons. The van der Waals surface area contributed by atoms with Gasteiger partial charge in [0.05, 0.1) is 23.3 Å². The van der Waals surface area contributed by atoms with Crippen LogP contribution >= 0.6 is 0 Å². The molecular formula is C12H8F3NO3. The van der Waals surface area contributed by atoms with Crippen molar-refractivity contribution in [2.24, 2.45) is 0 Å². The van der Waals surface area contributed by atoms with Crippen LogP contribution in [-0.2, 0) is 10.9 Å². The van der Waals surface area contributed by atoms with Crippen molar-refractivity contribution in [3.63, 3.8) is 0 Å². The monoisotopic (exact) mass is 271 g/mol. The lowest BCUT2D eigenvalue weighted by atomic mass is 9.96. The van der Waals surface area contributed by atoms with Gasteiger partial charge in [-0.2, -0.15) is 18.4 Å². The van der Waals surface area contributed by atoms with Gasteiger partial charge in [0.1, 0.15) is 6.07 Å². The third kappa shape index (κ3) is 2.91. The number of carbonyl (C=O) groups excluding carboxylic acids is 2. The van der Waals surface area contributed by atoms with E-state index in [2.05, 4.69) is 4.74 Å². The third-order valence-corrected chi connectivity index (χ3v) is 2.26. The van der Waals surface area contributed by atoms with Crippen LogP contribution in [0.5, 0.6) is 0 Å².